The highest BCUT2D eigenvalue weighted by Crippen LogP contribution is 2.29. The smallest absolute Gasteiger partial charge is 0.255 e. The largest absolute Gasteiger partial charge is 0.338 e. The van der Waals surface area contributed by atoms with Crippen LogP contribution in [0.4, 0.5) is 4.39 Å². The summed E-state index contributed by atoms with van der Waals surface area (Å²) in [6, 6.07) is 14.6. The number of carbonyl (C=O) groups excluding carboxylic acids is 1. The molecule has 0 aliphatic carbocycles. The van der Waals surface area contributed by atoms with Gasteiger partial charge in [-0.25, -0.2) is 4.39 Å². The number of hydrogen-bond donors (Lipinski definition) is 0. The van der Waals surface area contributed by atoms with Gasteiger partial charge in [0.25, 0.3) is 5.91 Å². The minimum absolute atomic E-state index is 0.116. The van der Waals surface area contributed by atoms with Crippen LogP contribution in [0.1, 0.15) is 48.0 Å². The first-order chi connectivity index (χ1) is 12.2. The van der Waals surface area contributed by atoms with E-state index in [2.05, 4.69) is 6.92 Å². The summed E-state index contributed by atoms with van der Waals surface area (Å²) in [5, 5.41) is 0. The van der Waals surface area contributed by atoms with E-state index in [1.807, 2.05) is 41.3 Å². The van der Waals surface area contributed by atoms with Gasteiger partial charge in [-0.1, -0.05) is 37.6 Å². The van der Waals surface area contributed by atoms with Crippen LogP contribution in [0.5, 0.6) is 0 Å². The summed E-state index contributed by atoms with van der Waals surface area (Å²) in [5.74, 6) is 1.13. The number of thioether (sulfide) groups is 1. The highest BCUT2D eigenvalue weighted by Gasteiger charge is 2.25. The lowest BCUT2D eigenvalue weighted by atomic mass is 9.94. The zero-order valence-electron chi connectivity index (χ0n) is 14.6. The van der Waals surface area contributed by atoms with Gasteiger partial charge in [-0.15, -0.1) is 11.8 Å². The molecule has 0 spiro atoms. The number of rotatable bonds is 4. The van der Waals surface area contributed by atoms with Crippen LogP contribution >= 0.6 is 11.8 Å². The molecule has 1 heterocycles. The molecule has 1 amide bonds. The minimum atomic E-state index is -0.212. The SMILES string of the molecule is CCSc1ccccc1C(=O)N1CCCCC(c2ccc(F)cc2)C1. The van der Waals surface area contributed by atoms with Crippen molar-refractivity contribution in [1.29, 1.82) is 0 Å². The fourth-order valence-corrected chi connectivity index (χ4v) is 4.23. The Bertz CT molecular complexity index is 716. The van der Waals surface area contributed by atoms with E-state index in [0.29, 0.717) is 6.54 Å². The third kappa shape index (κ3) is 4.43. The number of halogens is 1. The third-order valence-electron chi connectivity index (χ3n) is 4.72. The van der Waals surface area contributed by atoms with Crippen molar-refractivity contribution in [3.8, 4) is 0 Å². The number of carbonyl (C=O) groups is 1. The standard InChI is InChI=1S/C21H24FNOS/c1-2-25-20-9-4-3-8-19(20)21(24)23-14-6-5-7-17(15-23)16-10-12-18(22)13-11-16/h3-4,8-13,17H,2,5-7,14-15H2,1H3. The van der Waals surface area contributed by atoms with Gasteiger partial charge < -0.3 is 4.90 Å². The predicted molar refractivity (Wildman–Crippen MR) is 102 cm³/mol. The minimum Gasteiger partial charge on any atom is -0.338 e. The first-order valence-electron chi connectivity index (χ1n) is 8.95. The second-order valence-corrected chi connectivity index (χ2v) is 7.73. The van der Waals surface area contributed by atoms with Crippen LogP contribution in [0.15, 0.2) is 53.4 Å². The van der Waals surface area contributed by atoms with E-state index in [1.54, 1.807) is 11.8 Å². The summed E-state index contributed by atoms with van der Waals surface area (Å²) < 4.78 is 13.2. The number of benzene rings is 2. The zero-order valence-corrected chi connectivity index (χ0v) is 15.4. The van der Waals surface area contributed by atoms with Crippen LogP contribution in [0.25, 0.3) is 0 Å². The number of amides is 1. The van der Waals surface area contributed by atoms with Crippen LogP contribution in [0.3, 0.4) is 0 Å². The quantitative estimate of drug-likeness (QED) is 0.688. The van der Waals surface area contributed by atoms with E-state index >= 15 is 0 Å². The molecule has 1 fully saturated rings. The Kier molecular flexibility index (Phi) is 6.14. The summed E-state index contributed by atoms with van der Waals surface area (Å²) in [5.41, 5.74) is 1.92. The van der Waals surface area contributed by atoms with Gasteiger partial charge in [0.15, 0.2) is 0 Å². The van der Waals surface area contributed by atoms with Crippen molar-refractivity contribution >= 4 is 17.7 Å². The molecule has 2 aromatic carbocycles. The van der Waals surface area contributed by atoms with E-state index in [-0.39, 0.29) is 17.6 Å². The number of nitrogens with zero attached hydrogens (tertiary/aromatic N) is 1. The van der Waals surface area contributed by atoms with Gasteiger partial charge in [0, 0.05) is 23.9 Å². The summed E-state index contributed by atoms with van der Waals surface area (Å²) in [7, 11) is 0. The second kappa shape index (κ2) is 8.52. The van der Waals surface area contributed by atoms with E-state index in [9.17, 15) is 9.18 Å². The highest BCUT2D eigenvalue weighted by atomic mass is 32.2. The van der Waals surface area contributed by atoms with Crippen molar-refractivity contribution in [2.24, 2.45) is 0 Å². The van der Waals surface area contributed by atoms with Crippen LogP contribution in [0, 0.1) is 5.82 Å². The van der Waals surface area contributed by atoms with Crippen LogP contribution in [-0.2, 0) is 0 Å². The van der Waals surface area contributed by atoms with E-state index in [4.69, 9.17) is 0 Å². The molecule has 0 radical (unpaired) electrons. The molecule has 4 heteroatoms. The maximum Gasteiger partial charge on any atom is 0.255 e. The Morgan fingerprint density at radius 1 is 1.16 bits per heavy atom. The zero-order chi connectivity index (χ0) is 17.6. The molecule has 2 aromatic rings. The van der Waals surface area contributed by atoms with Crippen molar-refractivity contribution in [2.45, 2.75) is 37.0 Å². The first-order valence-corrected chi connectivity index (χ1v) is 9.94. The van der Waals surface area contributed by atoms with Gasteiger partial charge in [0.05, 0.1) is 5.56 Å². The lowest BCUT2D eigenvalue weighted by molar-refractivity contribution is 0.0751. The number of likely N-dealkylation sites (tertiary alicyclic amines) is 1. The molecule has 3 rings (SSSR count). The Morgan fingerprint density at radius 3 is 2.68 bits per heavy atom. The third-order valence-corrected chi connectivity index (χ3v) is 5.67. The molecule has 1 unspecified atom stereocenters. The van der Waals surface area contributed by atoms with Gasteiger partial charge in [0.1, 0.15) is 5.82 Å². The topological polar surface area (TPSA) is 20.3 Å². The fraction of sp³-hybridized carbons (Fsp3) is 0.381. The molecule has 2 nitrogen and oxygen atoms in total. The average molecular weight is 357 g/mol. The lowest BCUT2D eigenvalue weighted by Gasteiger charge is -2.25. The Morgan fingerprint density at radius 2 is 1.92 bits per heavy atom. The molecule has 25 heavy (non-hydrogen) atoms. The predicted octanol–water partition coefficient (Wildman–Crippen LogP) is 5.35. The van der Waals surface area contributed by atoms with Crippen molar-refractivity contribution in [2.75, 3.05) is 18.8 Å². The summed E-state index contributed by atoms with van der Waals surface area (Å²) >= 11 is 1.71. The average Bonchev–Trinajstić information content (AvgIpc) is 2.89. The molecule has 132 valence electrons. The molecule has 1 atom stereocenters. The summed E-state index contributed by atoms with van der Waals surface area (Å²) in [6.07, 6.45) is 3.16. The Balaban J connectivity index is 1.81. The second-order valence-electron chi connectivity index (χ2n) is 6.42. The van der Waals surface area contributed by atoms with E-state index < -0.39 is 0 Å². The van der Waals surface area contributed by atoms with Crippen LogP contribution < -0.4 is 0 Å². The molecule has 1 aliphatic rings. The van der Waals surface area contributed by atoms with Crippen molar-refractivity contribution < 1.29 is 9.18 Å². The Labute approximate surface area is 153 Å². The van der Waals surface area contributed by atoms with Gasteiger partial charge in [-0.05, 0) is 48.4 Å². The molecule has 1 aliphatic heterocycles. The molecule has 0 N–H and O–H groups in total. The van der Waals surface area contributed by atoms with Crippen molar-refractivity contribution in [1.82, 2.24) is 4.90 Å². The van der Waals surface area contributed by atoms with Gasteiger partial charge in [-0.2, -0.15) is 0 Å². The molecular weight excluding hydrogens is 333 g/mol. The maximum absolute atomic E-state index is 13.2. The summed E-state index contributed by atoms with van der Waals surface area (Å²) in [4.78, 5) is 16.2. The van der Waals surface area contributed by atoms with Gasteiger partial charge in [0.2, 0.25) is 0 Å². The molecule has 0 aromatic heterocycles. The maximum atomic E-state index is 13.2. The summed E-state index contributed by atoms with van der Waals surface area (Å²) in [6.45, 7) is 3.60. The normalized spacial score (nSPS) is 18.0. The molecule has 1 saturated heterocycles. The van der Waals surface area contributed by atoms with Gasteiger partial charge in [-0.3, -0.25) is 4.79 Å². The van der Waals surface area contributed by atoms with Crippen molar-refractivity contribution in [3.63, 3.8) is 0 Å². The van der Waals surface area contributed by atoms with E-state index in [0.717, 1.165) is 47.6 Å². The first kappa shape index (κ1) is 18.0. The molecule has 0 bridgehead atoms. The highest BCUT2D eigenvalue weighted by molar-refractivity contribution is 7.99. The molecule has 0 saturated carbocycles. The van der Waals surface area contributed by atoms with E-state index in [1.165, 1.54) is 12.1 Å². The van der Waals surface area contributed by atoms with Crippen LogP contribution in [-0.4, -0.2) is 29.6 Å². The molecular formula is C21H24FNOS. The van der Waals surface area contributed by atoms with Gasteiger partial charge >= 0.3 is 0 Å². The monoisotopic (exact) mass is 357 g/mol. The lowest BCUT2D eigenvalue weighted by Crippen LogP contribution is -2.34. The Hall–Kier alpha value is -1.81. The van der Waals surface area contributed by atoms with Crippen molar-refractivity contribution in [3.05, 3.63) is 65.5 Å². The van der Waals surface area contributed by atoms with Crippen LogP contribution in [0.2, 0.25) is 0 Å². The number of hydrogen-bond acceptors (Lipinski definition) is 2. The fourth-order valence-electron chi connectivity index (χ4n) is 3.43.